The fourth-order valence-corrected chi connectivity index (χ4v) is 1.07. The van der Waals surface area contributed by atoms with Crippen molar-refractivity contribution in [2.24, 2.45) is 0 Å². The van der Waals surface area contributed by atoms with Crippen LogP contribution in [0.25, 0.3) is 0 Å². The Bertz CT molecular complexity index is 276. The summed E-state index contributed by atoms with van der Waals surface area (Å²) in [7, 11) is 0. The van der Waals surface area contributed by atoms with Crippen LogP contribution < -0.4 is 0 Å². The number of alkyl halides is 4. The van der Waals surface area contributed by atoms with Crippen molar-refractivity contribution in [3.8, 4) is 0 Å². The largest absolute Gasteiger partial charge is 0.408 e. The van der Waals surface area contributed by atoms with Gasteiger partial charge < -0.3 is 0 Å². The summed E-state index contributed by atoms with van der Waals surface area (Å²) < 4.78 is 36.3. The molecule has 0 aliphatic rings. The number of benzene rings is 1. The quantitative estimate of drug-likeness (QED) is 0.616. The average molecular weight is 209 g/mol. The first-order chi connectivity index (χ1) is 5.91. The molecule has 0 N–H and O–H groups in total. The zero-order chi connectivity index (χ0) is 10.1. The zero-order valence-corrected chi connectivity index (χ0v) is 7.65. The highest BCUT2D eigenvalue weighted by Crippen LogP contribution is 2.37. The molecule has 0 spiro atoms. The van der Waals surface area contributed by atoms with Gasteiger partial charge in [0, 0.05) is 0 Å². The molecule has 0 amide bonds. The zero-order valence-electron chi connectivity index (χ0n) is 6.90. The standard InChI is InChI=1S/C9H8ClF3/c1-6-2-4-7(5-3-6)8(10)9(11,12)13/h2-5,8H,1H3/t8-/m1/s1. The molecule has 1 rings (SSSR count). The number of hydrogen-bond acceptors (Lipinski definition) is 0. The van der Waals surface area contributed by atoms with E-state index >= 15 is 0 Å². The summed E-state index contributed by atoms with van der Waals surface area (Å²) in [4.78, 5) is 0. The van der Waals surface area contributed by atoms with Crippen molar-refractivity contribution in [3.05, 3.63) is 35.4 Å². The molecule has 0 heterocycles. The molecular weight excluding hydrogens is 201 g/mol. The van der Waals surface area contributed by atoms with Crippen LogP contribution in [0.15, 0.2) is 24.3 Å². The van der Waals surface area contributed by atoms with Gasteiger partial charge >= 0.3 is 6.18 Å². The lowest BCUT2D eigenvalue weighted by Crippen LogP contribution is -2.15. The summed E-state index contributed by atoms with van der Waals surface area (Å²) >= 11 is 5.21. The first-order valence-electron chi connectivity index (χ1n) is 3.68. The molecule has 0 saturated carbocycles. The predicted molar refractivity (Wildman–Crippen MR) is 45.8 cm³/mol. The molecule has 0 aliphatic heterocycles. The summed E-state index contributed by atoms with van der Waals surface area (Å²) in [5.41, 5.74) is 0.995. The van der Waals surface area contributed by atoms with Crippen LogP contribution in [0, 0.1) is 6.92 Å². The molecule has 1 aromatic rings. The van der Waals surface area contributed by atoms with Gasteiger partial charge in [-0.05, 0) is 12.5 Å². The Morgan fingerprint density at radius 1 is 1.15 bits per heavy atom. The van der Waals surface area contributed by atoms with E-state index in [-0.39, 0.29) is 5.56 Å². The van der Waals surface area contributed by atoms with Gasteiger partial charge in [-0.1, -0.05) is 29.8 Å². The molecule has 0 fully saturated rings. The highest BCUT2D eigenvalue weighted by molar-refractivity contribution is 6.21. The Morgan fingerprint density at radius 3 is 2.00 bits per heavy atom. The number of hydrogen-bond donors (Lipinski definition) is 0. The minimum Gasteiger partial charge on any atom is -0.169 e. The topological polar surface area (TPSA) is 0 Å². The van der Waals surface area contributed by atoms with Crippen molar-refractivity contribution in [2.45, 2.75) is 18.5 Å². The van der Waals surface area contributed by atoms with Crippen molar-refractivity contribution in [1.29, 1.82) is 0 Å². The molecule has 0 bridgehead atoms. The molecule has 1 aromatic carbocycles. The van der Waals surface area contributed by atoms with Crippen molar-refractivity contribution >= 4 is 11.6 Å². The third kappa shape index (κ3) is 2.62. The van der Waals surface area contributed by atoms with Gasteiger partial charge in [-0.25, -0.2) is 0 Å². The van der Waals surface area contributed by atoms with Gasteiger partial charge in [0.25, 0.3) is 0 Å². The van der Waals surface area contributed by atoms with Crippen molar-refractivity contribution in [2.75, 3.05) is 0 Å². The van der Waals surface area contributed by atoms with Gasteiger partial charge in [0.15, 0.2) is 5.38 Å². The Hall–Kier alpha value is -0.700. The van der Waals surface area contributed by atoms with E-state index in [4.69, 9.17) is 11.6 Å². The van der Waals surface area contributed by atoms with Crippen LogP contribution in [0.5, 0.6) is 0 Å². The maximum absolute atomic E-state index is 12.1. The first-order valence-corrected chi connectivity index (χ1v) is 4.12. The van der Waals surface area contributed by atoms with E-state index in [9.17, 15) is 13.2 Å². The van der Waals surface area contributed by atoms with Gasteiger partial charge in [0.1, 0.15) is 0 Å². The van der Waals surface area contributed by atoms with Gasteiger partial charge in [-0.2, -0.15) is 13.2 Å². The van der Waals surface area contributed by atoms with Crippen LogP contribution in [0.1, 0.15) is 16.5 Å². The normalized spacial score (nSPS) is 14.2. The predicted octanol–water partition coefficient (Wildman–Crippen LogP) is 3.84. The van der Waals surface area contributed by atoms with Gasteiger partial charge in [0.2, 0.25) is 0 Å². The summed E-state index contributed by atoms with van der Waals surface area (Å²) in [6.07, 6.45) is -4.38. The highest BCUT2D eigenvalue weighted by Gasteiger charge is 2.39. The van der Waals surface area contributed by atoms with Crippen molar-refractivity contribution in [3.63, 3.8) is 0 Å². The van der Waals surface area contributed by atoms with Crippen LogP contribution in [-0.4, -0.2) is 6.18 Å². The summed E-state index contributed by atoms with van der Waals surface area (Å²) in [5, 5.41) is -1.91. The van der Waals surface area contributed by atoms with Crippen molar-refractivity contribution < 1.29 is 13.2 Å². The number of halogens is 4. The summed E-state index contributed by atoms with van der Waals surface area (Å²) in [5.74, 6) is 0. The van der Waals surface area contributed by atoms with Crippen LogP contribution in [-0.2, 0) is 0 Å². The lowest BCUT2D eigenvalue weighted by molar-refractivity contribution is -0.131. The number of rotatable bonds is 1. The van der Waals surface area contributed by atoms with Crippen LogP contribution >= 0.6 is 11.6 Å². The van der Waals surface area contributed by atoms with Gasteiger partial charge in [-0.15, -0.1) is 11.6 Å². The second-order valence-electron chi connectivity index (χ2n) is 2.81. The third-order valence-corrected chi connectivity index (χ3v) is 2.16. The second kappa shape index (κ2) is 3.58. The van der Waals surface area contributed by atoms with Crippen LogP contribution in [0.2, 0.25) is 0 Å². The van der Waals surface area contributed by atoms with E-state index in [1.54, 1.807) is 19.1 Å². The number of aryl methyl sites for hydroxylation is 1. The fraction of sp³-hybridized carbons (Fsp3) is 0.333. The summed E-state index contributed by atoms with van der Waals surface area (Å²) in [6, 6.07) is 5.99. The van der Waals surface area contributed by atoms with Crippen LogP contribution in [0.4, 0.5) is 13.2 Å². The van der Waals surface area contributed by atoms with E-state index < -0.39 is 11.6 Å². The molecule has 13 heavy (non-hydrogen) atoms. The highest BCUT2D eigenvalue weighted by atomic mass is 35.5. The Balaban J connectivity index is 2.90. The summed E-state index contributed by atoms with van der Waals surface area (Å²) in [6.45, 7) is 1.81. The Kier molecular flexibility index (Phi) is 2.86. The molecule has 0 aliphatic carbocycles. The first kappa shape index (κ1) is 10.4. The maximum atomic E-state index is 12.1. The molecule has 0 saturated heterocycles. The van der Waals surface area contributed by atoms with E-state index in [0.29, 0.717) is 0 Å². The molecule has 0 unspecified atom stereocenters. The molecule has 0 nitrogen and oxygen atoms in total. The molecular formula is C9H8ClF3. The molecule has 1 atom stereocenters. The van der Waals surface area contributed by atoms with Gasteiger partial charge in [-0.3, -0.25) is 0 Å². The van der Waals surface area contributed by atoms with E-state index in [0.717, 1.165) is 5.56 Å². The Labute approximate surface area is 79.3 Å². The van der Waals surface area contributed by atoms with Gasteiger partial charge in [0.05, 0.1) is 0 Å². The van der Waals surface area contributed by atoms with E-state index in [2.05, 4.69) is 0 Å². The minimum atomic E-state index is -4.38. The third-order valence-electron chi connectivity index (χ3n) is 1.66. The molecule has 72 valence electrons. The average Bonchev–Trinajstić information content (AvgIpc) is 2.03. The van der Waals surface area contributed by atoms with Crippen LogP contribution in [0.3, 0.4) is 0 Å². The molecule has 4 heteroatoms. The SMILES string of the molecule is Cc1ccc([C@@H](Cl)C(F)(F)F)cc1. The molecule has 0 radical (unpaired) electrons. The smallest absolute Gasteiger partial charge is 0.169 e. The molecule has 0 aromatic heterocycles. The fourth-order valence-electron chi connectivity index (χ4n) is 0.924. The maximum Gasteiger partial charge on any atom is 0.408 e. The van der Waals surface area contributed by atoms with Crippen molar-refractivity contribution in [1.82, 2.24) is 0 Å². The second-order valence-corrected chi connectivity index (χ2v) is 3.25. The lowest BCUT2D eigenvalue weighted by Gasteiger charge is -2.13. The Morgan fingerprint density at radius 2 is 1.62 bits per heavy atom. The van der Waals surface area contributed by atoms with E-state index in [1.165, 1.54) is 12.1 Å². The minimum absolute atomic E-state index is 0.0831. The monoisotopic (exact) mass is 208 g/mol. The lowest BCUT2D eigenvalue weighted by atomic mass is 10.1. The van der Waals surface area contributed by atoms with E-state index in [1.807, 2.05) is 0 Å².